The minimum atomic E-state index is -0.294. The van der Waals surface area contributed by atoms with E-state index < -0.39 is 0 Å². The van der Waals surface area contributed by atoms with E-state index >= 15 is 0 Å². The zero-order valence-corrected chi connectivity index (χ0v) is 14.5. The maximum absolute atomic E-state index is 12.6. The molecule has 0 aliphatic rings. The number of esters is 1. The fourth-order valence-corrected chi connectivity index (χ4v) is 3.31. The largest absolute Gasteiger partial charge is 0.497 e. The van der Waals surface area contributed by atoms with Gasteiger partial charge in [-0.2, -0.15) is 0 Å². The van der Waals surface area contributed by atoms with E-state index in [0.717, 1.165) is 5.56 Å². The first kappa shape index (κ1) is 18.1. The van der Waals surface area contributed by atoms with Crippen LogP contribution in [0.15, 0.2) is 54.6 Å². The summed E-state index contributed by atoms with van der Waals surface area (Å²) >= 11 is 1.42. The molecule has 0 spiro atoms. The Morgan fingerprint density at radius 2 is 1.67 bits per heavy atom. The van der Waals surface area contributed by atoms with Crippen LogP contribution in [0.1, 0.15) is 27.6 Å². The molecule has 0 aromatic heterocycles. The Labute approximate surface area is 146 Å². The zero-order valence-electron chi connectivity index (χ0n) is 13.7. The van der Waals surface area contributed by atoms with Gasteiger partial charge in [0, 0.05) is 17.2 Å². The molecule has 0 aliphatic carbocycles. The second-order valence-electron chi connectivity index (χ2n) is 5.14. The van der Waals surface area contributed by atoms with Gasteiger partial charge in [0.15, 0.2) is 5.78 Å². The lowest BCUT2D eigenvalue weighted by Crippen LogP contribution is -2.09. The fraction of sp³-hybridized carbons (Fsp3) is 0.263. The van der Waals surface area contributed by atoms with Crippen LogP contribution < -0.4 is 4.74 Å². The Balaban J connectivity index is 2.11. The maximum atomic E-state index is 12.6. The van der Waals surface area contributed by atoms with E-state index in [0.29, 0.717) is 17.7 Å². The summed E-state index contributed by atoms with van der Waals surface area (Å²) in [6.07, 6.45) is 0.317. The summed E-state index contributed by atoms with van der Waals surface area (Å²) in [5, 5.41) is -0.0973. The van der Waals surface area contributed by atoms with Crippen molar-refractivity contribution >= 4 is 23.5 Å². The number of methoxy groups -OCH3 is 2. The van der Waals surface area contributed by atoms with Gasteiger partial charge in [0.1, 0.15) is 5.75 Å². The molecule has 0 heterocycles. The Hall–Kier alpha value is -2.27. The van der Waals surface area contributed by atoms with Crippen LogP contribution in [0.25, 0.3) is 0 Å². The summed E-state index contributed by atoms with van der Waals surface area (Å²) in [7, 11) is 2.95. The Bertz CT molecular complexity index is 668. The highest BCUT2D eigenvalue weighted by molar-refractivity contribution is 8.00. The number of ether oxygens (including phenoxy) is 2. The van der Waals surface area contributed by atoms with Crippen molar-refractivity contribution in [3.8, 4) is 5.75 Å². The predicted octanol–water partition coefficient (Wildman–Crippen LogP) is 3.92. The van der Waals surface area contributed by atoms with Crippen molar-refractivity contribution in [1.82, 2.24) is 0 Å². The topological polar surface area (TPSA) is 52.6 Å². The fourth-order valence-electron chi connectivity index (χ4n) is 2.23. The van der Waals surface area contributed by atoms with Gasteiger partial charge < -0.3 is 9.47 Å². The molecule has 0 fully saturated rings. The van der Waals surface area contributed by atoms with Gasteiger partial charge in [-0.25, -0.2) is 0 Å². The van der Waals surface area contributed by atoms with Crippen molar-refractivity contribution in [2.75, 3.05) is 20.0 Å². The van der Waals surface area contributed by atoms with Crippen molar-refractivity contribution in [2.24, 2.45) is 0 Å². The van der Waals surface area contributed by atoms with E-state index in [9.17, 15) is 9.59 Å². The number of hydrogen-bond donors (Lipinski definition) is 0. The average Bonchev–Trinajstić information content (AvgIpc) is 2.65. The normalized spacial score (nSPS) is 11.6. The molecule has 24 heavy (non-hydrogen) atoms. The summed E-state index contributed by atoms with van der Waals surface area (Å²) in [4.78, 5) is 24.0. The van der Waals surface area contributed by atoms with Crippen LogP contribution in [-0.4, -0.2) is 31.7 Å². The van der Waals surface area contributed by atoms with E-state index in [1.807, 2.05) is 30.3 Å². The molecule has 4 nitrogen and oxygen atoms in total. The lowest BCUT2D eigenvalue weighted by molar-refractivity contribution is -0.137. The van der Waals surface area contributed by atoms with Crippen LogP contribution in [-0.2, 0) is 9.53 Å². The van der Waals surface area contributed by atoms with E-state index in [4.69, 9.17) is 9.47 Å². The molecule has 0 saturated heterocycles. The molecule has 126 valence electrons. The lowest BCUT2D eigenvalue weighted by Gasteiger charge is -2.16. The molecule has 2 aromatic rings. The van der Waals surface area contributed by atoms with Crippen molar-refractivity contribution in [3.05, 3.63) is 65.7 Å². The minimum Gasteiger partial charge on any atom is -0.497 e. The number of rotatable bonds is 8. The van der Waals surface area contributed by atoms with E-state index in [-0.39, 0.29) is 22.8 Å². The first-order valence-electron chi connectivity index (χ1n) is 7.54. The highest BCUT2D eigenvalue weighted by atomic mass is 32.2. The number of Topliss-reactive ketones (excluding diaryl/α,β-unsaturated/α-hetero) is 1. The third-order valence-corrected chi connectivity index (χ3v) is 4.83. The summed E-state index contributed by atoms with van der Waals surface area (Å²) in [6.45, 7) is 0. The van der Waals surface area contributed by atoms with Gasteiger partial charge in [-0.1, -0.05) is 30.3 Å². The van der Waals surface area contributed by atoms with Gasteiger partial charge in [0.2, 0.25) is 0 Å². The van der Waals surface area contributed by atoms with Crippen molar-refractivity contribution < 1.29 is 19.1 Å². The third-order valence-electron chi connectivity index (χ3n) is 3.58. The standard InChI is InChI=1S/C19H20O4S/c1-22-16-10-8-14(9-11-16)17(20)12-18(24-13-19(21)23-2)15-6-4-3-5-7-15/h3-11,18H,12-13H2,1-2H3/t18-/m1/s1. The SMILES string of the molecule is COC(=O)CS[C@H](CC(=O)c1ccc(OC)cc1)c1ccccc1. The van der Waals surface area contributed by atoms with E-state index in [2.05, 4.69) is 0 Å². The number of carbonyl (C=O) groups excluding carboxylic acids is 2. The van der Waals surface area contributed by atoms with Crippen LogP contribution >= 0.6 is 11.8 Å². The monoisotopic (exact) mass is 344 g/mol. The minimum absolute atomic E-state index is 0.0314. The number of benzene rings is 2. The van der Waals surface area contributed by atoms with Crippen LogP contribution in [0.2, 0.25) is 0 Å². The second-order valence-corrected chi connectivity index (χ2v) is 6.33. The van der Waals surface area contributed by atoms with Crippen LogP contribution in [0.3, 0.4) is 0 Å². The average molecular weight is 344 g/mol. The van der Waals surface area contributed by atoms with E-state index in [1.165, 1.54) is 18.9 Å². The van der Waals surface area contributed by atoms with Gasteiger partial charge in [0.25, 0.3) is 0 Å². The van der Waals surface area contributed by atoms with Crippen LogP contribution in [0, 0.1) is 0 Å². The molecule has 0 unspecified atom stereocenters. The third kappa shape index (κ3) is 5.13. The Morgan fingerprint density at radius 3 is 2.25 bits per heavy atom. The van der Waals surface area contributed by atoms with Gasteiger partial charge in [-0.3, -0.25) is 9.59 Å². The lowest BCUT2D eigenvalue weighted by atomic mass is 10.0. The smallest absolute Gasteiger partial charge is 0.315 e. The van der Waals surface area contributed by atoms with Crippen LogP contribution in [0.5, 0.6) is 5.75 Å². The molecular formula is C19H20O4S. The molecular weight excluding hydrogens is 324 g/mol. The summed E-state index contributed by atoms with van der Waals surface area (Å²) < 4.78 is 9.80. The zero-order chi connectivity index (χ0) is 17.4. The molecule has 0 radical (unpaired) electrons. The van der Waals surface area contributed by atoms with Gasteiger partial charge in [-0.05, 0) is 29.8 Å². The molecule has 0 amide bonds. The molecule has 0 saturated carbocycles. The second kappa shape index (κ2) is 9.13. The van der Waals surface area contributed by atoms with Crippen molar-refractivity contribution in [2.45, 2.75) is 11.7 Å². The highest BCUT2D eigenvalue weighted by Crippen LogP contribution is 2.33. The molecule has 0 aliphatic heterocycles. The molecule has 0 bridgehead atoms. The highest BCUT2D eigenvalue weighted by Gasteiger charge is 2.19. The van der Waals surface area contributed by atoms with Crippen LogP contribution in [0.4, 0.5) is 0 Å². The number of hydrogen-bond acceptors (Lipinski definition) is 5. The molecule has 2 rings (SSSR count). The number of carbonyl (C=O) groups is 2. The first-order valence-corrected chi connectivity index (χ1v) is 8.59. The summed E-state index contributed by atoms with van der Waals surface area (Å²) in [6, 6.07) is 16.8. The van der Waals surface area contributed by atoms with Crippen molar-refractivity contribution in [1.29, 1.82) is 0 Å². The maximum Gasteiger partial charge on any atom is 0.315 e. The summed E-state index contributed by atoms with van der Waals surface area (Å²) in [5.41, 5.74) is 1.66. The predicted molar refractivity (Wildman–Crippen MR) is 95.6 cm³/mol. The molecule has 0 N–H and O–H groups in total. The summed E-state index contributed by atoms with van der Waals surface area (Å²) in [5.74, 6) is 0.666. The van der Waals surface area contributed by atoms with Gasteiger partial charge in [0.05, 0.1) is 20.0 Å². The molecule has 1 atom stereocenters. The number of ketones is 1. The molecule has 5 heteroatoms. The Kier molecular flexibility index (Phi) is 6.88. The van der Waals surface area contributed by atoms with Gasteiger partial charge in [-0.15, -0.1) is 11.8 Å². The first-order chi connectivity index (χ1) is 11.6. The Morgan fingerprint density at radius 1 is 1.00 bits per heavy atom. The van der Waals surface area contributed by atoms with Crippen molar-refractivity contribution in [3.63, 3.8) is 0 Å². The molecule has 2 aromatic carbocycles. The van der Waals surface area contributed by atoms with E-state index in [1.54, 1.807) is 31.4 Å². The van der Waals surface area contributed by atoms with Gasteiger partial charge >= 0.3 is 5.97 Å². The quantitative estimate of drug-likeness (QED) is 0.537. The number of thioether (sulfide) groups is 1.